The van der Waals surface area contributed by atoms with Gasteiger partial charge in [-0.05, 0) is 101 Å². The van der Waals surface area contributed by atoms with Crippen LogP contribution in [0.15, 0.2) is 156 Å². The Labute approximate surface area is 269 Å². The Hall–Kier alpha value is -5.66. The number of rotatable bonds is 4. The third kappa shape index (κ3) is 4.16. The molecule has 8 aromatic carbocycles. The van der Waals surface area contributed by atoms with Crippen LogP contribution in [-0.4, -0.2) is 0 Å². The van der Waals surface area contributed by atoms with Crippen LogP contribution < -0.4 is 0 Å². The van der Waals surface area contributed by atoms with Crippen LogP contribution in [0.4, 0.5) is 0 Å². The van der Waals surface area contributed by atoms with E-state index in [4.69, 9.17) is 5.79 Å². The quantitative estimate of drug-likeness (QED) is 0.186. The maximum Gasteiger partial charge on any atom is 0.136 e. The summed E-state index contributed by atoms with van der Waals surface area (Å²) in [6.07, 6.45) is 0. The summed E-state index contributed by atoms with van der Waals surface area (Å²) in [7, 11) is 0. The van der Waals surface area contributed by atoms with Crippen molar-refractivity contribution in [1.29, 1.82) is 0 Å². The lowest BCUT2D eigenvalue weighted by Gasteiger charge is -2.18. The van der Waals surface area contributed by atoms with Crippen molar-refractivity contribution in [3.8, 4) is 33.4 Å². The van der Waals surface area contributed by atoms with E-state index in [1.54, 1.807) is 0 Å². The maximum atomic E-state index is 8.07. The van der Waals surface area contributed by atoms with Crippen LogP contribution in [-0.2, 0) is 0 Å². The van der Waals surface area contributed by atoms with Gasteiger partial charge in [0.2, 0.25) is 0 Å². The first-order chi connectivity index (χ1) is 23.0. The molecule has 0 amide bonds. The summed E-state index contributed by atoms with van der Waals surface area (Å²) in [5.41, 5.74) is 10.3. The zero-order valence-electron chi connectivity index (χ0n) is 26.8. The van der Waals surface area contributed by atoms with Gasteiger partial charge in [-0.1, -0.05) is 141 Å². The highest BCUT2D eigenvalue weighted by molar-refractivity contribution is 6.22. The Balaban J connectivity index is 1.28. The predicted octanol–water partition coefficient (Wildman–Crippen LogP) is 13.2. The molecule has 0 N–H and O–H groups in total. The summed E-state index contributed by atoms with van der Waals surface area (Å²) in [5, 5.41) is 9.46. The highest BCUT2D eigenvalue weighted by Crippen LogP contribution is 2.45. The average Bonchev–Trinajstić information content (AvgIpc) is 3.48. The fourth-order valence-electron chi connectivity index (χ4n) is 7.32. The summed E-state index contributed by atoms with van der Waals surface area (Å²) < 4.78 is 14.5. The van der Waals surface area contributed by atoms with Crippen molar-refractivity contribution >= 4 is 54.3 Å². The zero-order valence-corrected chi connectivity index (χ0v) is 25.8. The van der Waals surface area contributed by atoms with Gasteiger partial charge in [-0.15, -0.1) is 0 Å². The van der Waals surface area contributed by atoms with E-state index >= 15 is 0 Å². The number of fused-ring (bicyclic) bond motifs is 6. The molecule has 0 saturated carbocycles. The smallest absolute Gasteiger partial charge is 0.136 e. The molecule has 1 heteroatoms. The molecule has 0 saturated heterocycles. The van der Waals surface area contributed by atoms with Crippen molar-refractivity contribution in [1.82, 2.24) is 0 Å². The Kier molecular flexibility index (Phi) is 5.83. The van der Waals surface area contributed by atoms with E-state index in [0.717, 1.165) is 32.7 Å². The van der Waals surface area contributed by atoms with Gasteiger partial charge in [-0.25, -0.2) is 0 Å². The van der Waals surface area contributed by atoms with Crippen molar-refractivity contribution in [2.24, 2.45) is 0 Å². The van der Waals surface area contributed by atoms with Crippen LogP contribution in [0, 0.1) is 0 Å². The van der Waals surface area contributed by atoms with Crippen molar-refractivity contribution in [2.45, 2.75) is 19.8 Å². The first-order valence-corrected chi connectivity index (χ1v) is 16.0. The molecule has 1 aromatic heterocycles. The summed E-state index contributed by atoms with van der Waals surface area (Å²) in [5.74, 6) is 0.443. The molecule has 0 aliphatic heterocycles. The lowest BCUT2D eigenvalue weighted by molar-refractivity contribution is 0.667. The van der Waals surface area contributed by atoms with Gasteiger partial charge in [0.25, 0.3) is 0 Å². The highest BCUT2D eigenvalue weighted by Gasteiger charge is 2.18. The zero-order chi connectivity index (χ0) is 31.6. The van der Waals surface area contributed by atoms with E-state index in [1.807, 2.05) is 12.1 Å². The third-order valence-corrected chi connectivity index (χ3v) is 9.55. The van der Waals surface area contributed by atoms with Gasteiger partial charge in [-0.2, -0.15) is 0 Å². The predicted molar refractivity (Wildman–Crippen MR) is 197 cm³/mol. The standard InChI is InChI=1S/C45H32O/c1-28(2)30-23-24-40-42(27-30)46-41-20-10-19-35(45(40)41)32-13-9-14-33(26-32)43-36-15-5-7-17-38(36)44(39-18-8-6-16-37(39)43)34-22-21-29-11-3-4-12-31(29)25-34/h3-28H,1-2H3/i3D. The molecule has 0 aliphatic rings. The molecule has 46 heavy (non-hydrogen) atoms. The summed E-state index contributed by atoms with van der Waals surface area (Å²) in [4.78, 5) is 0. The minimum absolute atomic E-state index is 0.443. The molecular weight excluding hydrogens is 556 g/mol. The first-order valence-electron chi connectivity index (χ1n) is 16.5. The second-order valence-corrected chi connectivity index (χ2v) is 12.6. The molecule has 9 rings (SSSR count). The Morgan fingerprint density at radius 1 is 0.478 bits per heavy atom. The number of hydrogen-bond acceptors (Lipinski definition) is 1. The van der Waals surface area contributed by atoms with Gasteiger partial charge >= 0.3 is 0 Å². The largest absolute Gasteiger partial charge is 0.456 e. The lowest BCUT2D eigenvalue weighted by atomic mass is 9.85. The number of benzene rings is 8. The molecule has 0 bridgehead atoms. The van der Waals surface area contributed by atoms with E-state index in [2.05, 4.69) is 147 Å². The first kappa shape index (κ1) is 25.6. The molecule has 9 aromatic rings. The van der Waals surface area contributed by atoms with Crippen LogP contribution in [0.3, 0.4) is 0 Å². The second-order valence-electron chi connectivity index (χ2n) is 12.6. The number of hydrogen-bond donors (Lipinski definition) is 0. The fraction of sp³-hybridized carbons (Fsp3) is 0.0667. The van der Waals surface area contributed by atoms with Gasteiger partial charge in [0, 0.05) is 10.8 Å². The second kappa shape index (κ2) is 10.5. The molecule has 1 nitrogen and oxygen atoms in total. The summed E-state index contributed by atoms with van der Waals surface area (Å²) in [6.45, 7) is 4.44. The van der Waals surface area contributed by atoms with Crippen molar-refractivity contribution in [2.75, 3.05) is 0 Å². The lowest BCUT2D eigenvalue weighted by Crippen LogP contribution is -1.91. The Morgan fingerprint density at radius 2 is 1.15 bits per heavy atom. The van der Waals surface area contributed by atoms with Crippen molar-refractivity contribution in [3.05, 3.63) is 157 Å². The fourth-order valence-corrected chi connectivity index (χ4v) is 7.32. The van der Waals surface area contributed by atoms with Gasteiger partial charge in [0.15, 0.2) is 0 Å². The van der Waals surface area contributed by atoms with E-state index < -0.39 is 0 Å². The van der Waals surface area contributed by atoms with Crippen LogP contribution in [0.2, 0.25) is 0 Å². The average molecular weight is 590 g/mol. The molecule has 1 heterocycles. The SMILES string of the molecule is [2H]c1ccc2cc(-c3c4ccccc4c(-c4cccc(-c5cccc6oc7cc(C(C)C)ccc7c56)c4)c4ccccc34)ccc2c1. The monoisotopic (exact) mass is 589 g/mol. The summed E-state index contributed by atoms with van der Waals surface area (Å²) in [6, 6.07) is 52.7. The Bertz CT molecular complexity index is 2620. The van der Waals surface area contributed by atoms with E-state index in [-0.39, 0.29) is 0 Å². The highest BCUT2D eigenvalue weighted by atomic mass is 16.3. The van der Waals surface area contributed by atoms with Crippen LogP contribution >= 0.6 is 0 Å². The normalized spacial score (nSPS) is 12.2. The van der Waals surface area contributed by atoms with Crippen LogP contribution in [0.25, 0.3) is 87.6 Å². The molecular formula is C45H32O. The van der Waals surface area contributed by atoms with Gasteiger partial charge in [-0.3, -0.25) is 0 Å². The van der Waals surface area contributed by atoms with Crippen molar-refractivity contribution < 1.29 is 5.79 Å². The van der Waals surface area contributed by atoms with Gasteiger partial charge < -0.3 is 4.42 Å². The molecule has 0 fully saturated rings. The van der Waals surface area contributed by atoms with E-state index in [1.165, 1.54) is 60.5 Å². The molecule has 0 spiro atoms. The summed E-state index contributed by atoms with van der Waals surface area (Å²) >= 11 is 0. The van der Waals surface area contributed by atoms with Crippen LogP contribution in [0.5, 0.6) is 0 Å². The van der Waals surface area contributed by atoms with Crippen LogP contribution in [0.1, 0.15) is 26.7 Å². The topological polar surface area (TPSA) is 13.1 Å². The molecule has 0 aliphatic carbocycles. The minimum Gasteiger partial charge on any atom is -0.456 e. The molecule has 0 radical (unpaired) electrons. The third-order valence-electron chi connectivity index (χ3n) is 9.55. The van der Waals surface area contributed by atoms with Crippen molar-refractivity contribution in [3.63, 3.8) is 0 Å². The maximum absolute atomic E-state index is 8.07. The van der Waals surface area contributed by atoms with E-state index in [0.29, 0.717) is 12.0 Å². The van der Waals surface area contributed by atoms with Gasteiger partial charge in [0.05, 0.1) is 1.37 Å². The number of furan rings is 1. The minimum atomic E-state index is 0.443. The van der Waals surface area contributed by atoms with Gasteiger partial charge in [0.1, 0.15) is 11.2 Å². The molecule has 0 unspecified atom stereocenters. The van der Waals surface area contributed by atoms with E-state index in [9.17, 15) is 0 Å². The molecule has 0 atom stereocenters. The molecule has 218 valence electrons. The Morgan fingerprint density at radius 3 is 1.87 bits per heavy atom.